The molecule has 1 N–H and O–H groups in total. The molecule has 0 atom stereocenters. The molecular weight excluding hydrogens is 1280 g/mol. The van der Waals surface area contributed by atoms with E-state index in [0.717, 1.165) is 16.7 Å². The van der Waals surface area contributed by atoms with Crippen molar-refractivity contribution in [3.05, 3.63) is 202 Å². The topological polar surface area (TPSA) is 232 Å². The van der Waals surface area contributed by atoms with E-state index in [4.69, 9.17) is 37.3 Å². The second-order valence-electron chi connectivity index (χ2n) is 22.9. The summed E-state index contributed by atoms with van der Waals surface area (Å²) in [4.78, 5) is 74.3. The molecular formula is C70H78F2N8O14P2. The van der Waals surface area contributed by atoms with Gasteiger partial charge in [0.25, 0.3) is 11.8 Å². The van der Waals surface area contributed by atoms with Crippen molar-refractivity contribution >= 4 is 61.0 Å². The van der Waals surface area contributed by atoms with Crippen molar-refractivity contribution in [3.8, 4) is 23.0 Å². The summed E-state index contributed by atoms with van der Waals surface area (Å²) in [6.07, 6.45) is 1.58. The lowest BCUT2D eigenvalue weighted by molar-refractivity contribution is 0.0755. The number of piperazine rings is 2. The van der Waals surface area contributed by atoms with Crippen LogP contribution in [0.4, 0.5) is 18.4 Å². The van der Waals surface area contributed by atoms with E-state index in [9.17, 15) is 42.2 Å². The van der Waals surface area contributed by atoms with Gasteiger partial charge < -0.3 is 57.0 Å². The number of nitrogens with zero attached hydrogens (tertiary/aromatic N) is 8. The van der Waals surface area contributed by atoms with Crippen LogP contribution < -0.4 is 14.2 Å². The summed E-state index contributed by atoms with van der Waals surface area (Å²) >= 11 is 0. The molecule has 0 bridgehead atoms. The van der Waals surface area contributed by atoms with Gasteiger partial charge >= 0.3 is 27.4 Å². The van der Waals surface area contributed by atoms with Gasteiger partial charge in [-0.3, -0.25) is 38.5 Å². The minimum atomic E-state index is -3.30. The molecule has 506 valence electrons. The van der Waals surface area contributed by atoms with Gasteiger partial charge in [-0.25, -0.2) is 18.4 Å². The van der Waals surface area contributed by atoms with Gasteiger partial charge in [0, 0.05) is 99.7 Å². The molecule has 6 heterocycles. The number of rotatable bonds is 22. The fourth-order valence-electron chi connectivity index (χ4n) is 12.1. The number of halogens is 2. The van der Waals surface area contributed by atoms with Crippen molar-refractivity contribution in [3.63, 3.8) is 0 Å². The minimum absolute atomic E-state index is 0. The van der Waals surface area contributed by atoms with Crippen LogP contribution in [-0.2, 0) is 53.4 Å². The number of benzene rings is 6. The molecule has 0 saturated carbocycles. The van der Waals surface area contributed by atoms with Crippen LogP contribution in [0.3, 0.4) is 0 Å². The van der Waals surface area contributed by atoms with E-state index in [1.54, 1.807) is 86.2 Å². The number of hydrogen-bond acceptors (Lipinski definition) is 18. The van der Waals surface area contributed by atoms with Crippen molar-refractivity contribution in [2.24, 2.45) is 0 Å². The fourth-order valence-corrected chi connectivity index (χ4v) is 15.7. The molecule has 0 spiro atoms. The zero-order valence-electron chi connectivity index (χ0n) is 53.1. The summed E-state index contributed by atoms with van der Waals surface area (Å²) in [5.74, 6) is -1.11. The van der Waals surface area contributed by atoms with Gasteiger partial charge in [0.2, 0.25) is 0 Å². The third-order valence-electron chi connectivity index (χ3n) is 16.6. The maximum absolute atomic E-state index is 14.5. The first-order valence-electron chi connectivity index (χ1n) is 31.5. The summed E-state index contributed by atoms with van der Waals surface area (Å²) in [6.45, 7) is 11.8. The lowest BCUT2D eigenvalue weighted by atomic mass is 9.99. The second kappa shape index (κ2) is 31.5. The Kier molecular flexibility index (Phi) is 23.0. The number of fused-ring (bicyclic) bond motifs is 4. The number of pyridine rings is 2. The highest BCUT2D eigenvalue weighted by Gasteiger charge is 2.41. The first-order valence-corrected chi connectivity index (χ1v) is 35.0. The number of carbonyl (C=O) groups excluding carboxylic acids is 4. The van der Waals surface area contributed by atoms with E-state index >= 15 is 0 Å². The van der Waals surface area contributed by atoms with Crippen LogP contribution in [0.2, 0.25) is 0 Å². The van der Waals surface area contributed by atoms with Crippen LogP contribution in [-0.4, -0.2) is 160 Å². The molecule has 8 aromatic rings. The zero-order chi connectivity index (χ0) is 66.8. The highest BCUT2D eigenvalue weighted by atomic mass is 31.2. The smallest absolute Gasteiger partial charge is 0.415 e. The summed E-state index contributed by atoms with van der Waals surface area (Å²) in [6, 6.07) is 38.2. The van der Waals surface area contributed by atoms with Crippen molar-refractivity contribution in [2.45, 2.75) is 67.4 Å². The summed E-state index contributed by atoms with van der Waals surface area (Å²) < 4.78 is 94.1. The molecule has 22 nitrogen and oxygen atoms in total. The maximum Gasteiger partial charge on any atom is 0.415 e. The average Bonchev–Trinajstić information content (AvgIpc) is 1.53. The standard InChI is InChI=1S/C41H42FN4O7P.C28H32FN4O7P.CH4/c1-3-50-54(49,51-4-2)28-44-22-24-45(25-23-44)41(48)53-38-33-16-11-21-43-36(33)39(52-37(30-12-7-5-8-13-30)31-14-9-6-10-15-31)35-34(38)27-46(40(35)47)26-29-17-19-32(42)20-18-29;1-3-38-41(37,39-4-2)18-31-12-14-32(15-13-31)28(36)40-26-21-6-5-11-30-24(21)25(34)23-22(26)17-33(27(23)35)16-19-7-9-20(29)10-8-19;/h5-21,37H,3-4,22-28H2,1-2H3;5-11,34H,3-4,12-18H2,1-2H3;1H4. The Hall–Kier alpha value is -8.70. The van der Waals surface area contributed by atoms with Crippen molar-refractivity contribution < 1.29 is 74.5 Å². The van der Waals surface area contributed by atoms with Crippen LogP contribution in [0, 0.1) is 11.6 Å². The molecule has 4 amide bonds. The number of hydrogen-bond donors (Lipinski definition) is 1. The molecule has 0 aliphatic carbocycles. The van der Waals surface area contributed by atoms with Gasteiger partial charge in [0.05, 0.1) is 50.6 Å². The largest absolute Gasteiger partial charge is 0.505 e. The number of amides is 4. The molecule has 4 aliphatic rings. The predicted molar refractivity (Wildman–Crippen MR) is 357 cm³/mol. The van der Waals surface area contributed by atoms with Crippen molar-refractivity contribution in [1.82, 2.24) is 39.4 Å². The average molecular weight is 1360 g/mol. The Morgan fingerprint density at radius 3 is 1.31 bits per heavy atom. The third kappa shape index (κ3) is 15.9. The lowest BCUT2D eigenvalue weighted by Crippen LogP contribution is -2.49. The fraction of sp³-hybridized carbons (Fsp3) is 0.343. The van der Waals surface area contributed by atoms with Crippen LogP contribution in [0.5, 0.6) is 23.0 Å². The lowest BCUT2D eigenvalue weighted by Gasteiger charge is -2.35. The number of aromatic nitrogens is 2. The maximum atomic E-state index is 14.5. The number of carbonyl (C=O) groups is 4. The molecule has 4 aliphatic heterocycles. The molecule has 6 aromatic carbocycles. The van der Waals surface area contributed by atoms with E-state index in [1.165, 1.54) is 40.3 Å². The Morgan fingerprint density at radius 2 is 0.896 bits per heavy atom. The van der Waals surface area contributed by atoms with Crippen LogP contribution in [0.15, 0.2) is 146 Å². The van der Waals surface area contributed by atoms with E-state index in [-0.39, 0.29) is 130 Å². The molecule has 0 unspecified atom stereocenters. The van der Waals surface area contributed by atoms with Crippen LogP contribution in [0.25, 0.3) is 21.8 Å². The first-order chi connectivity index (χ1) is 46.0. The minimum Gasteiger partial charge on any atom is -0.505 e. The van der Waals surface area contributed by atoms with E-state index in [1.807, 2.05) is 76.5 Å². The van der Waals surface area contributed by atoms with Gasteiger partial charge in [0.15, 0.2) is 11.5 Å². The van der Waals surface area contributed by atoms with Crippen LogP contribution in [0.1, 0.15) is 95.3 Å². The highest BCUT2D eigenvalue weighted by Crippen LogP contribution is 2.51. The molecule has 2 fully saturated rings. The Balaban J connectivity index is 0.000000214. The van der Waals surface area contributed by atoms with Crippen LogP contribution >= 0.6 is 15.2 Å². The third-order valence-corrected chi connectivity index (χ3v) is 20.7. The molecule has 12 rings (SSSR count). The van der Waals surface area contributed by atoms with Gasteiger partial charge in [-0.15, -0.1) is 0 Å². The predicted octanol–water partition coefficient (Wildman–Crippen LogP) is 13.2. The number of phenolic OH excluding ortho intramolecular Hbond substituents is 1. The molecule has 26 heteroatoms. The van der Waals surface area contributed by atoms with Crippen molar-refractivity contribution in [1.29, 1.82) is 0 Å². The summed E-state index contributed by atoms with van der Waals surface area (Å²) in [7, 11) is -6.56. The summed E-state index contributed by atoms with van der Waals surface area (Å²) in [5.41, 5.74) is 4.92. The van der Waals surface area contributed by atoms with E-state index < -0.39 is 39.4 Å². The second-order valence-corrected chi connectivity index (χ2v) is 26.9. The molecule has 2 aromatic heterocycles. The number of ether oxygens (including phenoxy) is 3. The first kappa shape index (κ1) is 70.1. The van der Waals surface area contributed by atoms with Crippen molar-refractivity contribution in [2.75, 3.05) is 91.4 Å². The Morgan fingerprint density at radius 1 is 0.510 bits per heavy atom. The quantitative estimate of drug-likeness (QED) is 0.0621. The summed E-state index contributed by atoms with van der Waals surface area (Å²) in [5, 5.41) is 11.9. The normalized spacial score (nSPS) is 15.2. The molecule has 0 radical (unpaired) electrons. The zero-order valence-corrected chi connectivity index (χ0v) is 54.9. The van der Waals surface area contributed by atoms with Gasteiger partial charge in [-0.1, -0.05) is 92.4 Å². The monoisotopic (exact) mass is 1350 g/mol. The van der Waals surface area contributed by atoms with E-state index in [0.29, 0.717) is 85.3 Å². The van der Waals surface area contributed by atoms with Gasteiger partial charge in [-0.2, -0.15) is 0 Å². The highest BCUT2D eigenvalue weighted by molar-refractivity contribution is 7.54. The van der Waals surface area contributed by atoms with E-state index in [2.05, 4.69) is 4.98 Å². The van der Waals surface area contributed by atoms with Gasteiger partial charge in [0.1, 0.15) is 52.8 Å². The van der Waals surface area contributed by atoms with Gasteiger partial charge in [-0.05, 0) is 98.5 Å². The Labute approximate surface area is 556 Å². The Bertz CT molecular complexity index is 4110. The SMILES string of the molecule is C.CCOP(=O)(CN1CCN(C(=O)Oc2c3c(c(O)c4ncccc24)C(=O)N(Cc2ccc(F)cc2)C3)CC1)OCC.CCOP(=O)(CN1CCN(C(=O)Oc2c3c(c(OC(c4ccccc4)c4ccccc4)c4ncccc24)C(=O)N(Cc2ccc(F)cc2)C3)CC1)OCC. The number of aromatic hydroxyl groups is 1. The molecule has 2 saturated heterocycles. The molecule has 96 heavy (non-hydrogen) atoms. The number of phenols is 1.